The van der Waals surface area contributed by atoms with E-state index in [2.05, 4.69) is 4.98 Å². The lowest BCUT2D eigenvalue weighted by molar-refractivity contribution is -0.0168. The molecule has 5 heteroatoms. The van der Waals surface area contributed by atoms with Gasteiger partial charge in [0.25, 0.3) is 0 Å². The lowest BCUT2D eigenvalue weighted by Crippen LogP contribution is -2.29. The number of halogens is 1. The molecule has 0 unspecified atom stereocenters. The van der Waals surface area contributed by atoms with Crippen molar-refractivity contribution in [2.24, 2.45) is 0 Å². The van der Waals surface area contributed by atoms with Crippen LogP contribution in [0, 0.1) is 0 Å². The minimum Gasteiger partial charge on any atom is -0.376 e. The van der Waals surface area contributed by atoms with E-state index in [0.29, 0.717) is 18.4 Å². The lowest BCUT2D eigenvalue weighted by Gasteiger charge is -2.27. The summed E-state index contributed by atoms with van der Waals surface area (Å²) < 4.78 is 11.1. The second kappa shape index (κ2) is 4.76. The van der Waals surface area contributed by atoms with Crippen LogP contribution in [-0.2, 0) is 28.1 Å². The van der Waals surface area contributed by atoms with Gasteiger partial charge >= 0.3 is 0 Å². The Bertz CT molecular complexity index is 459. The van der Waals surface area contributed by atoms with Gasteiger partial charge in [0.2, 0.25) is 0 Å². The van der Waals surface area contributed by atoms with Crippen LogP contribution in [0.25, 0.3) is 0 Å². The first-order chi connectivity index (χ1) is 8.75. The Morgan fingerprint density at radius 3 is 2.78 bits per heavy atom. The molecule has 0 atom stereocenters. The van der Waals surface area contributed by atoms with E-state index in [1.165, 1.54) is 0 Å². The summed E-state index contributed by atoms with van der Waals surface area (Å²) in [7, 11) is 1.74. The standard InChI is InChI=1S/C13H17ClN2O2/c1-17-13(5-2-3-6-13)12-15-10-4-7-18-8-9(10)11(14)16-12/h2-8H2,1H3. The van der Waals surface area contributed by atoms with Gasteiger partial charge in [0.15, 0.2) is 5.82 Å². The molecule has 1 aliphatic carbocycles. The highest BCUT2D eigenvalue weighted by molar-refractivity contribution is 6.30. The van der Waals surface area contributed by atoms with Gasteiger partial charge < -0.3 is 9.47 Å². The van der Waals surface area contributed by atoms with Gasteiger partial charge in [0.1, 0.15) is 10.8 Å². The van der Waals surface area contributed by atoms with E-state index in [1.807, 2.05) is 0 Å². The molecule has 1 saturated carbocycles. The van der Waals surface area contributed by atoms with Crippen molar-refractivity contribution in [3.8, 4) is 0 Å². The van der Waals surface area contributed by atoms with Crippen molar-refractivity contribution in [1.29, 1.82) is 0 Å². The zero-order chi connectivity index (χ0) is 12.6. The molecule has 1 fully saturated rings. The van der Waals surface area contributed by atoms with Crippen molar-refractivity contribution < 1.29 is 9.47 Å². The topological polar surface area (TPSA) is 44.2 Å². The lowest BCUT2D eigenvalue weighted by atomic mass is 10.00. The maximum absolute atomic E-state index is 6.26. The van der Waals surface area contributed by atoms with E-state index in [-0.39, 0.29) is 5.60 Å². The molecule has 1 aromatic heterocycles. The van der Waals surface area contributed by atoms with Crippen LogP contribution in [0.4, 0.5) is 0 Å². The summed E-state index contributed by atoms with van der Waals surface area (Å²) in [6.07, 6.45) is 5.10. The molecule has 0 amide bonds. The van der Waals surface area contributed by atoms with Crippen molar-refractivity contribution >= 4 is 11.6 Å². The third-order valence-electron chi connectivity index (χ3n) is 3.98. The van der Waals surface area contributed by atoms with Crippen LogP contribution in [0.2, 0.25) is 5.15 Å². The maximum atomic E-state index is 6.26. The molecular weight excluding hydrogens is 252 g/mol. The van der Waals surface area contributed by atoms with Crippen molar-refractivity contribution in [3.63, 3.8) is 0 Å². The monoisotopic (exact) mass is 268 g/mol. The van der Waals surface area contributed by atoms with E-state index in [1.54, 1.807) is 7.11 Å². The van der Waals surface area contributed by atoms with Crippen LogP contribution in [0.3, 0.4) is 0 Å². The van der Waals surface area contributed by atoms with E-state index in [0.717, 1.165) is 49.2 Å². The summed E-state index contributed by atoms with van der Waals surface area (Å²) in [4.78, 5) is 9.16. The summed E-state index contributed by atoms with van der Waals surface area (Å²) in [6.45, 7) is 1.23. The number of ether oxygens (including phenoxy) is 2. The zero-order valence-corrected chi connectivity index (χ0v) is 11.3. The fraction of sp³-hybridized carbons (Fsp3) is 0.692. The molecule has 2 aliphatic rings. The molecular formula is C13H17ClN2O2. The zero-order valence-electron chi connectivity index (χ0n) is 10.5. The molecule has 0 bridgehead atoms. The van der Waals surface area contributed by atoms with Crippen LogP contribution in [0.5, 0.6) is 0 Å². The highest BCUT2D eigenvalue weighted by Gasteiger charge is 2.39. The third kappa shape index (κ3) is 1.92. The normalized spacial score (nSPS) is 21.9. The Morgan fingerprint density at radius 2 is 2.06 bits per heavy atom. The van der Waals surface area contributed by atoms with Gasteiger partial charge in [-0.15, -0.1) is 0 Å². The molecule has 0 saturated heterocycles. The molecule has 0 radical (unpaired) electrons. The van der Waals surface area contributed by atoms with Crippen LogP contribution in [0.1, 0.15) is 42.8 Å². The largest absolute Gasteiger partial charge is 0.376 e. The molecule has 3 rings (SSSR count). The minimum atomic E-state index is -0.322. The molecule has 0 spiro atoms. The summed E-state index contributed by atoms with van der Waals surface area (Å²) in [6, 6.07) is 0. The number of hydrogen-bond donors (Lipinski definition) is 0. The van der Waals surface area contributed by atoms with E-state index in [4.69, 9.17) is 26.1 Å². The number of fused-ring (bicyclic) bond motifs is 1. The first-order valence-electron chi connectivity index (χ1n) is 6.44. The third-order valence-corrected chi connectivity index (χ3v) is 4.29. The Kier molecular flexibility index (Phi) is 3.26. The molecule has 18 heavy (non-hydrogen) atoms. The van der Waals surface area contributed by atoms with Crippen molar-refractivity contribution in [2.45, 2.75) is 44.3 Å². The average Bonchev–Trinajstić information content (AvgIpc) is 2.89. The SMILES string of the molecule is COC1(c2nc(Cl)c3c(n2)CCOC3)CCCC1. The molecule has 0 aromatic carbocycles. The second-order valence-corrected chi connectivity index (χ2v) is 5.33. The Morgan fingerprint density at radius 1 is 1.28 bits per heavy atom. The Hall–Kier alpha value is -0.710. The van der Waals surface area contributed by atoms with Gasteiger partial charge in [-0.25, -0.2) is 9.97 Å². The fourth-order valence-electron chi connectivity index (χ4n) is 2.86. The summed E-state index contributed by atoms with van der Waals surface area (Å²) in [5.74, 6) is 0.758. The van der Waals surface area contributed by atoms with Crippen molar-refractivity contribution in [2.75, 3.05) is 13.7 Å². The van der Waals surface area contributed by atoms with E-state index < -0.39 is 0 Å². The van der Waals surface area contributed by atoms with E-state index >= 15 is 0 Å². The highest BCUT2D eigenvalue weighted by Crippen LogP contribution is 2.41. The predicted molar refractivity (Wildman–Crippen MR) is 67.6 cm³/mol. The van der Waals surface area contributed by atoms with Gasteiger partial charge in [-0.2, -0.15) is 0 Å². The van der Waals surface area contributed by atoms with Crippen LogP contribution in [-0.4, -0.2) is 23.7 Å². The smallest absolute Gasteiger partial charge is 0.162 e. The van der Waals surface area contributed by atoms with Crippen molar-refractivity contribution in [1.82, 2.24) is 9.97 Å². The highest BCUT2D eigenvalue weighted by atomic mass is 35.5. The quantitative estimate of drug-likeness (QED) is 0.774. The maximum Gasteiger partial charge on any atom is 0.162 e. The summed E-state index contributed by atoms with van der Waals surface area (Å²) >= 11 is 6.26. The average molecular weight is 269 g/mol. The van der Waals surface area contributed by atoms with Crippen LogP contribution in [0.15, 0.2) is 0 Å². The van der Waals surface area contributed by atoms with E-state index in [9.17, 15) is 0 Å². The van der Waals surface area contributed by atoms with Crippen LogP contribution >= 0.6 is 11.6 Å². The summed E-state index contributed by atoms with van der Waals surface area (Å²) in [5.41, 5.74) is 1.65. The number of rotatable bonds is 2. The molecule has 98 valence electrons. The molecule has 4 nitrogen and oxygen atoms in total. The molecule has 1 aromatic rings. The number of methoxy groups -OCH3 is 1. The first-order valence-corrected chi connectivity index (χ1v) is 6.82. The first kappa shape index (κ1) is 12.3. The van der Waals surface area contributed by atoms with Crippen LogP contribution < -0.4 is 0 Å². The van der Waals surface area contributed by atoms with Gasteiger partial charge in [0, 0.05) is 19.1 Å². The molecule has 1 aliphatic heterocycles. The van der Waals surface area contributed by atoms with Gasteiger partial charge in [-0.3, -0.25) is 0 Å². The Balaban J connectivity index is 2.04. The van der Waals surface area contributed by atoms with Gasteiger partial charge in [-0.1, -0.05) is 11.6 Å². The van der Waals surface area contributed by atoms with Gasteiger partial charge in [-0.05, 0) is 25.7 Å². The Labute approximate surface area is 112 Å². The van der Waals surface area contributed by atoms with Gasteiger partial charge in [0.05, 0.1) is 18.9 Å². The second-order valence-electron chi connectivity index (χ2n) is 4.97. The number of hydrogen-bond acceptors (Lipinski definition) is 4. The minimum absolute atomic E-state index is 0.322. The van der Waals surface area contributed by atoms with Crippen molar-refractivity contribution in [3.05, 3.63) is 22.2 Å². The predicted octanol–water partition coefficient (Wildman–Crippen LogP) is 2.62. The number of nitrogens with zero attached hydrogens (tertiary/aromatic N) is 2. The summed E-state index contributed by atoms with van der Waals surface area (Å²) in [5, 5.41) is 0.526. The molecule has 0 N–H and O–H groups in total. The number of aromatic nitrogens is 2. The fourth-order valence-corrected chi connectivity index (χ4v) is 3.11. The molecule has 2 heterocycles.